The Hall–Kier alpha value is -3.51. The number of rotatable bonds is 7. The fraction of sp³-hybridized carbons (Fsp3) is 0.595. The molecule has 2 aromatic carbocycles. The Kier molecular flexibility index (Phi) is 9.37. The molecule has 15 heteroatoms. The van der Waals surface area contributed by atoms with Crippen molar-refractivity contribution < 1.29 is 58.1 Å². The lowest BCUT2D eigenvalue weighted by Crippen LogP contribution is -2.55. The number of Topliss-reactive ketones (excluding diaryl/α,β-unsaturated/α-hetero) is 1. The van der Waals surface area contributed by atoms with Gasteiger partial charge in [0, 0.05) is 68.7 Å². The fourth-order valence-electron chi connectivity index (χ4n) is 8.95. The molecule has 0 spiro atoms. The molecule has 0 aromatic heterocycles. The van der Waals surface area contributed by atoms with Crippen molar-refractivity contribution in [1.82, 2.24) is 15.1 Å². The molecule has 4 fully saturated rings. The van der Waals surface area contributed by atoms with Gasteiger partial charge < -0.3 is 49.1 Å². The van der Waals surface area contributed by atoms with Crippen LogP contribution >= 0.6 is 0 Å². The van der Waals surface area contributed by atoms with Crippen LogP contribution in [0.4, 0.5) is 0 Å². The second-order valence-electron chi connectivity index (χ2n) is 14.5. The number of carbonyl (C=O) groups is 3. The number of aliphatic hydroxyl groups is 1. The molecule has 0 bridgehead atoms. The Morgan fingerprint density at radius 1 is 1.04 bits per heavy atom. The zero-order valence-corrected chi connectivity index (χ0v) is 29.5. The summed E-state index contributed by atoms with van der Waals surface area (Å²) in [7, 11) is 2.93. The molecule has 0 saturated carbocycles. The third kappa shape index (κ3) is 5.74. The van der Waals surface area contributed by atoms with Crippen molar-refractivity contribution in [3.8, 4) is 17.2 Å². The average molecular weight is 724 g/mol. The van der Waals surface area contributed by atoms with E-state index in [0.29, 0.717) is 39.2 Å². The number of hydrogen-bond acceptors (Lipinski definition) is 15. The molecule has 0 radical (unpaired) electrons. The number of morpholine rings is 1. The zero-order valence-electron chi connectivity index (χ0n) is 29.5. The maximum atomic E-state index is 14.1. The SMILES string of the molecule is COc1cccc2c1C(=O)c1c(O)c3c(c(O)c1C2=O)C[C@@](O)(C(=O)CN1CCCNCC1)C[C@@H]3O[C@H]1C[C@H]2[C@H](O[C@@H]3[C@@H](OC)OCCN32)[C@H](C)O1. The number of fused-ring (bicyclic) bond motifs is 6. The summed E-state index contributed by atoms with van der Waals surface area (Å²) in [6.07, 6.45) is -3.41. The van der Waals surface area contributed by atoms with Gasteiger partial charge in [-0.3, -0.25) is 24.2 Å². The number of ketones is 3. The average Bonchev–Trinajstić information content (AvgIpc) is 3.32. The van der Waals surface area contributed by atoms with E-state index in [2.05, 4.69) is 10.2 Å². The molecular weight excluding hydrogens is 678 g/mol. The minimum atomic E-state index is -2.04. The van der Waals surface area contributed by atoms with E-state index < -0.39 is 77.4 Å². The molecule has 4 N–H and O–H groups in total. The van der Waals surface area contributed by atoms with Crippen molar-refractivity contribution in [3.05, 3.63) is 51.6 Å². The molecule has 2 aromatic rings. The highest BCUT2D eigenvalue weighted by Gasteiger charge is 2.55. The first-order valence-electron chi connectivity index (χ1n) is 18.0. The fourth-order valence-corrected chi connectivity index (χ4v) is 8.95. The molecule has 8 atom stereocenters. The zero-order chi connectivity index (χ0) is 36.5. The molecule has 0 amide bonds. The van der Waals surface area contributed by atoms with Gasteiger partial charge in [-0.05, 0) is 32.5 Å². The molecule has 4 heterocycles. The van der Waals surface area contributed by atoms with Crippen LogP contribution in [0.3, 0.4) is 0 Å². The lowest BCUT2D eigenvalue weighted by molar-refractivity contribution is -0.256. The third-order valence-electron chi connectivity index (χ3n) is 11.5. The first-order valence-corrected chi connectivity index (χ1v) is 18.0. The molecule has 15 nitrogen and oxygen atoms in total. The lowest BCUT2D eigenvalue weighted by Gasteiger charge is -2.43. The number of methoxy groups -OCH3 is 2. The van der Waals surface area contributed by atoms with Gasteiger partial charge >= 0.3 is 0 Å². The Morgan fingerprint density at radius 3 is 2.63 bits per heavy atom. The molecule has 6 aliphatic rings. The summed E-state index contributed by atoms with van der Waals surface area (Å²) >= 11 is 0. The van der Waals surface area contributed by atoms with Crippen molar-refractivity contribution in [1.29, 1.82) is 0 Å². The molecule has 0 unspecified atom stereocenters. The highest BCUT2D eigenvalue weighted by Crippen LogP contribution is 2.53. The van der Waals surface area contributed by atoms with Crippen molar-refractivity contribution in [2.24, 2.45) is 0 Å². The van der Waals surface area contributed by atoms with Crippen LogP contribution in [-0.4, -0.2) is 145 Å². The smallest absolute Gasteiger partial charge is 0.202 e. The van der Waals surface area contributed by atoms with Crippen molar-refractivity contribution in [2.45, 2.75) is 81.4 Å². The van der Waals surface area contributed by atoms with E-state index in [1.54, 1.807) is 13.2 Å². The van der Waals surface area contributed by atoms with Crippen LogP contribution in [0.1, 0.15) is 75.3 Å². The maximum Gasteiger partial charge on any atom is 0.202 e. The summed E-state index contributed by atoms with van der Waals surface area (Å²) in [5, 5.41) is 39.4. The van der Waals surface area contributed by atoms with Crippen LogP contribution in [-0.2, 0) is 34.9 Å². The largest absolute Gasteiger partial charge is 0.507 e. The van der Waals surface area contributed by atoms with Gasteiger partial charge in [0.25, 0.3) is 0 Å². The Labute approximate surface area is 300 Å². The molecule has 280 valence electrons. The van der Waals surface area contributed by atoms with Crippen LogP contribution < -0.4 is 10.1 Å². The molecule has 4 saturated heterocycles. The van der Waals surface area contributed by atoms with Crippen molar-refractivity contribution in [2.75, 3.05) is 60.1 Å². The second-order valence-corrected chi connectivity index (χ2v) is 14.5. The first kappa shape index (κ1) is 35.5. The summed E-state index contributed by atoms with van der Waals surface area (Å²) in [6, 6.07) is 4.41. The second kappa shape index (κ2) is 13.7. The number of benzene rings is 2. The number of nitrogens with zero attached hydrogens (tertiary/aromatic N) is 2. The van der Waals surface area contributed by atoms with E-state index in [4.69, 9.17) is 28.4 Å². The van der Waals surface area contributed by atoms with Gasteiger partial charge in [-0.25, -0.2) is 0 Å². The summed E-state index contributed by atoms with van der Waals surface area (Å²) in [4.78, 5) is 46.3. The normalized spacial score (nSPS) is 33.3. The first-order chi connectivity index (χ1) is 25.0. The van der Waals surface area contributed by atoms with Crippen LogP contribution in [0.5, 0.6) is 17.2 Å². The van der Waals surface area contributed by atoms with Gasteiger partial charge in [-0.2, -0.15) is 0 Å². The molecule has 8 rings (SSSR count). The lowest BCUT2D eigenvalue weighted by atomic mass is 9.71. The highest BCUT2D eigenvalue weighted by atomic mass is 16.7. The number of nitrogens with one attached hydrogen (secondary N) is 1. The van der Waals surface area contributed by atoms with Crippen LogP contribution in [0.15, 0.2) is 18.2 Å². The van der Waals surface area contributed by atoms with Crippen LogP contribution in [0, 0.1) is 0 Å². The number of carbonyl (C=O) groups excluding carboxylic acids is 3. The predicted octanol–water partition coefficient (Wildman–Crippen LogP) is 1.01. The number of ether oxygens (including phenoxy) is 6. The topological polar surface area (TPSA) is 186 Å². The van der Waals surface area contributed by atoms with E-state index in [-0.39, 0.29) is 58.7 Å². The summed E-state index contributed by atoms with van der Waals surface area (Å²) in [6.45, 7) is 5.66. The molecule has 2 aliphatic carbocycles. The summed E-state index contributed by atoms with van der Waals surface area (Å²) in [5.74, 6) is -2.88. The van der Waals surface area contributed by atoms with E-state index in [1.165, 1.54) is 19.2 Å². The molecular formula is C37H45N3O12. The van der Waals surface area contributed by atoms with Crippen LogP contribution in [0.2, 0.25) is 0 Å². The Morgan fingerprint density at radius 2 is 1.85 bits per heavy atom. The minimum Gasteiger partial charge on any atom is -0.507 e. The summed E-state index contributed by atoms with van der Waals surface area (Å²) in [5.41, 5.74) is -2.85. The molecule has 52 heavy (non-hydrogen) atoms. The van der Waals surface area contributed by atoms with Crippen LogP contribution in [0.25, 0.3) is 0 Å². The molecule has 4 aliphatic heterocycles. The Balaban J connectivity index is 1.18. The van der Waals surface area contributed by atoms with Crippen molar-refractivity contribution >= 4 is 17.3 Å². The third-order valence-corrected chi connectivity index (χ3v) is 11.5. The van der Waals surface area contributed by atoms with E-state index >= 15 is 0 Å². The van der Waals surface area contributed by atoms with Gasteiger partial charge in [0.15, 0.2) is 30.4 Å². The van der Waals surface area contributed by atoms with E-state index in [9.17, 15) is 29.7 Å². The quantitative estimate of drug-likeness (QED) is 0.253. The predicted molar refractivity (Wildman–Crippen MR) is 181 cm³/mol. The number of aromatic hydroxyl groups is 2. The number of hydrogen-bond donors (Lipinski definition) is 4. The van der Waals surface area contributed by atoms with Gasteiger partial charge in [0.05, 0.1) is 49.2 Å². The standard InChI is InChI=1S/C37H45N3O12/c1-18-34-21(40-12-13-49-36(48-3)35(40)52-34)14-25(50-18)51-23-16-37(46,24(41)17-39-10-5-8-38-9-11-39)15-20-27(23)33(45)29-28(31(20)43)30(42)19-6-4-7-22(47-2)26(19)32(29)44/h4,6-7,18,21,23,25,34-36,38,43,45-46H,5,8-17H2,1-3H3/t18-,21-,23-,25-,34+,35+,36-,37-/m0/s1. The highest BCUT2D eigenvalue weighted by molar-refractivity contribution is 6.31. The Bertz CT molecular complexity index is 1780. The van der Waals surface area contributed by atoms with Gasteiger partial charge in [-0.15, -0.1) is 0 Å². The van der Waals surface area contributed by atoms with Gasteiger partial charge in [0.2, 0.25) is 5.78 Å². The maximum absolute atomic E-state index is 14.1. The minimum absolute atomic E-state index is 0.00581. The van der Waals surface area contributed by atoms with Gasteiger partial charge in [-0.1, -0.05) is 12.1 Å². The van der Waals surface area contributed by atoms with E-state index in [1.807, 2.05) is 11.8 Å². The number of phenolic OH excluding ortho intramolecular Hbond substituents is 2. The van der Waals surface area contributed by atoms with Gasteiger partial charge in [0.1, 0.15) is 29.0 Å². The summed E-state index contributed by atoms with van der Waals surface area (Å²) < 4.78 is 36.0. The van der Waals surface area contributed by atoms with Crippen molar-refractivity contribution in [3.63, 3.8) is 0 Å². The monoisotopic (exact) mass is 723 g/mol. The number of phenols is 2. The van der Waals surface area contributed by atoms with E-state index in [0.717, 1.165) is 13.0 Å².